The highest BCUT2D eigenvalue weighted by Crippen LogP contribution is 2.23. The van der Waals surface area contributed by atoms with E-state index in [-0.39, 0.29) is 0 Å². The number of aromatic nitrogens is 1. The predicted molar refractivity (Wildman–Crippen MR) is 54.3 cm³/mol. The number of pyridine rings is 1. The summed E-state index contributed by atoms with van der Waals surface area (Å²) in [4.78, 5) is 15.4. The molecule has 4 heteroatoms. The summed E-state index contributed by atoms with van der Waals surface area (Å²) in [6, 6.07) is 3.54. The number of carbonyl (C=O) groups excluding carboxylic acids is 1. The smallest absolute Gasteiger partial charge is 0.242 e. The third kappa shape index (κ3) is 1.61. The van der Waals surface area contributed by atoms with Crippen molar-refractivity contribution in [1.82, 2.24) is 4.98 Å². The maximum atomic E-state index is 11.3. The van der Waals surface area contributed by atoms with Crippen molar-refractivity contribution in [2.45, 2.75) is 25.8 Å². The first-order chi connectivity index (χ1) is 6.52. The molecular weight excluding hydrogens is 178 g/mol. The van der Waals surface area contributed by atoms with Gasteiger partial charge in [-0.05, 0) is 19.4 Å². The van der Waals surface area contributed by atoms with Gasteiger partial charge in [-0.2, -0.15) is 0 Å². The highest BCUT2D eigenvalue weighted by molar-refractivity contribution is 5.86. The Morgan fingerprint density at radius 3 is 2.71 bits per heavy atom. The van der Waals surface area contributed by atoms with Crippen molar-refractivity contribution < 1.29 is 4.79 Å². The Bertz CT molecular complexity index is 351. The summed E-state index contributed by atoms with van der Waals surface area (Å²) >= 11 is 0. The first-order valence-electron chi connectivity index (χ1n) is 4.53. The van der Waals surface area contributed by atoms with Crippen LogP contribution in [0.25, 0.3) is 0 Å². The van der Waals surface area contributed by atoms with Crippen molar-refractivity contribution in [2.24, 2.45) is 11.5 Å². The van der Waals surface area contributed by atoms with E-state index in [2.05, 4.69) is 4.98 Å². The van der Waals surface area contributed by atoms with E-state index in [0.717, 1.165) is 5.69 Å². The Hall–Kier alpha value is -1.42. The highest BCUT2D eigenvalue weighted by atomic mass is 16.1. The highest BCUT2D eigenvalue weighted by Gasteiger charge is 2.33. The molecule has 0 saturated heterocycles. The molecule has 1 atom stereocenters. The fraction of sp³-hybridized carbons (Fsp3) is 0.400. The molecule has 76 valence electrons. The summed E-state index contributed by atoms with van der Waals surface area (Å²) in [5.74, 6) is -0.517. The number of rotatable bonds is 3. The molecule has 1 heterocycles. The summed E-state index contributed by atoms with van der Waals surface area (Å²) < 4.78 is 0. The van der Waals surface area contributed by atoms with Gasteiger partial charge >= 0.3 is 0 Å². The molecular formula is C10H15N3O. The molecule has 0 aliphatic rings. The molecule has 0 bridgehead atoms. The van der Waals surface area contributed by atoms with Crippen LogP contribution in [-0.4, -0.2) is 10.9 Å². The first kappa shape index (κ1) is 10.7. The monoisotopic (exact) mass is 193 g/mol. The van der Waals surface area contributed by atoms with E-state index in [1.165, 1.54) is 0 Å². The third-order valence-corrected chi connectivity index (χ3v) is 2.48. The lowest BCUT2D eigenvalue weighted by atomic mass is 9.87. The Balaban J connectivity index is 3.26. The number of hydrogen-bond donors (Lipinski definition) is 2. The maximum Gasteiger partial charge on any atom is 0.242 e. The molecule has 0 radical (unpaired) electrons. The molecule has 4 nitrogen and oxygen atoms in total. The van der Waals surface area contributed by atoms with Gasteiger partial charge in [-0.25, -0.2) is 0 Å². The summed E-state index contributed by atoms with van der Waals surface area (Å²) in [6.07, 6.45) is 2.13. The van der Waals surface area contributed by atoms with Crippen LogP contribution in [0, 0.1) is 6.92 Å². The van der Waals surface area contributed by atoms with Crippen molar-refractivity contribution >= 4 is 5.91 Å². The second-order valence-corrected chi connectivity index (χ2v) is 3.33. The largest absolute Gasteiger partial charge is 0.368 e. The molecule has 0 aliphatic carbocycles. The normalized spacial score (nSPS) is 14.8. The zero-order chi connectivity index (χ0) is 10.8. The topological polar surface area (TPSA) is 82.0 Å². The molecule has 0 spiro atoms. The number of hydrogen-bond acceptors (Lipinski definition) is 3. The van der Waals surface area contributed by atoms with Crippen LogP contribution < -0.4 is 11.5 Å². The minimum absolute atomic E-state index is 0.467. The van der Waals surface area contributed by atoms with E-state index >= 15 is 0 Å². The molecule has 0 fully saturated rings. The second kappa shape index (κ2) is 3.75. The SMILES string of the molecule is CCC(N)(C(N)=O)c1cccnc1C. The van der Waals surface area contributed by atoms with Gasteiger partial charge in [-0.15, -0.1) is 0 Å². The fourth-order valence-corrected chi connectivity index (χ4v) is 1.45. The van der Waals surface area contributed by atoms with Crippen molar-refractivity contribution in [3.05, 3.63) is 29.6 Å². The zero-order valence-electron chi connectivity index (χ0n) is 8.45. The van der Waals surface area contributed by atoms with Crippen LogP contribution in [0.15, 0.2) is 18.3 Å². The lowest BCUT2D eigenvalue weighted by Crippen LogP contribution is -2.49. The van der Waals surface area contributed by atoms with Crippen molar-refractivity contribution in [2.75, 3.05) is 0 Å². The first-order valence-corrected chi connectivity index (χ1v) is 4.53. The van der Waals surface area contributed by atoms with E-state index in [0.29, 0.717) is 12.0 Å². The molecule has 0 saturated carbocycles. The lowest BCUT2D eigenvalue weighted by Gasteiger charge is -2.25. The Labute approximate surface area is 83.3 Å². The van der Waals surface area contributed by atoms with E-state index in [9.17, 15) is 4.79 Å². The van der Waals surface area contributed by atoms with Crippen LogP contribution in [0.5, 0.6) is 0 Å². The van der Waals surface area contributed by atoms with Crippen molar-refractivity contribution in [3.8, 4) is 0 Å². The van der Waals surface area contributed by atoms with Gasteiger partial charge in [-0.3, -0.25) is 9.78 Å². The molecule has 1 aromatic rings. The van der Waals surface area contributed by atoms with Crippen LogP contribution in [0.2, 0.25) is 0 Å². The summed E-state index contributed by atoms with van der Waals surface area (Å²) in [5.41, 5.74) is 11.6. The van der Waals surface area contributed by atoms with Gasteiger partial charge in [-0.1, -0.05) is 13.0 Å². The molecule has 1 unspecified atom stereocenters. The minimum atomic E-state index is -1.10. The zero-order valence-corrected chi connectivity index (χ0v) is 8.45. The molecule has 1 amide bonds. The quantitative estimate of drug-likeness (QED) is 0.730. The van der Waals surface area contributed by atoms with E-state index in [1.54, 1.807) is 18.3 Å². The summed E-state index contributed by atoms with van der Waals surface area (Å²) in [5, 5.41) is 0. The number of carbonyl (C=O) groups is 1. The number of nitrogens with two attached hydrogens (primary N) is 2. The van der Waals surface area contributed by atoms with Crippen molar-refractivity contribution in [3.63, 3.8) is 0 Å². The average molecular weight is 193 g/mol. The number of aryl methyl sites for hydroxylation is 1. The van der Waals surface area contributed by atoms with Crippen LogP contribution in [0.4, 0.5) is 0 Å². The molecule has 1 rings (SSSR count). The molecule has 0 aromatic carbocycles. The standard InChI is InChI=1S/C10H15N3O/c1-3-10(12,9(11)14)8-5-4-6-13-7(8)2/h4-6H,3,12H2,1-2H3,(H2,11,14). The second-order valence-electron chi connectivity index (χ2n) is 3.33. The van der Waals surface area contributed by atoms with Crippen LogP contribution in [0.1, 0.15) is 24.6 Å². The van der Waals surface area contributed by atoms with E-state index < -0.39 is 11.4 Å². The number of amides is 1. The van der Waals surface area contributed by atoms with Crippen LogP contribution in [-0.2, 0) is 10.3 Å². The third-order valence-electron chi connectivity index (χ3n) is 2.48. The Morgan fingerprint density at radius 1 is 1.64 bits per heavy atom. The van der Waals surface area contributed by atoms with Crippen molar-refractivity contribution in [1.29, 1.82) is 0 Å². The maximum absolute atomic E-state index is 11.3. The molecule has 4 N–H and O–H groups in total. The Morgan fingerprint density at radius 2 is 2.29 bits per heavy atom. The predicted octanol–water partition coefficient (Wildman–Crippen LogP) is 0.439. The van der Waals surface area contributed by atoms with Gasteiger partial charge in [0.05, 0.1) is 0 Å². The van der Waals surface area contributed by atoms with Gasteiger partial charge in [0, 0.05) is 17.5 Å². The van der Waals surface area contributed by atoms with Gasteiger partial charge in [0.2, 0.25) is 5.91 Å². The summed E-state index contributed by atoms with van der Waals surface area (Å²) in [6.45, 7) is 3.65. The van der Waals surface area contributed by atoms with Gasteiger partial charge < -0.3 is 11.5 Å². The van der Waals surface area contributed by atoms with Crippen LogP contribution >= 0.6 is 0 Å². The number of primary amides is 1. The molecule has 1 aromatic heterocycles. The van der Waals surface area contributed by atoms with Gasteiger partial charge in [0.15, 0.2) is 0 Å². The van der Waals surface area contributed by atoms with E-state index in [4.69, 9.17) is 11.5 Å². The number of nitrogens with zero attached hydrogens (tertiary/aromatic N) is 1. The molecule has 0 aliphatic heterocycles. The molecule has 14 heavy (non-hydrogen) atoms. The Kier molecular flexibility index (Phi) is 2.86. The lowest BCUT2D eigenvalue weighted by molar-refractivity contribution is -0.123. The van der Waals surface area contributed by atoms with Gasteiger partial charge in [0.1, 0.15) is 5.54 Å². The summed E-state index contributed by atoms with van der Waals surface area (Å²) in [7, 11) is 0. The van der Waals surface area contributed by atoms with Gasteiger partial charge in [0.25, 0.3) is 0 Å². The van der Waals surface area contributed by atoms with Crippen LogP contribution in [0.3, 0.4) is 0 Å². The minimum Gasteiger partial charge on any atom is -0.368 e. The fourth-order valence-electron chi connectivity index (χ4n) is 1.45. The van der Waals surface area contributed by atoms with E-state index in [1.807, 2.05) is 13.8 Å². The average Bonchev–Trinajstić information content (AvgIpc) is 2.17.